The number of ether oxygens (including phenoxy) is 2. The predicted molar refractivity (Wildman–Crippen MR) is 80.4 cm³/mol. The molecule has 1 aromatic carbocycles. The molecule has 21 heavy (non-hydrogen) atoms. The number of hydrogen-bond acceptors (Lipinski definition) is 3. The Morgan fingerprint density at radius 2 is 2.14 bits per heavy atom. The molecule has 2 aliphatic rings. The normalized spacial score (nSPS) is 21.3. The van der Waals surface area contributed by atoms with Crippen molar-refractivity contribution < 1.29 is 14.3 Å². The Kier molecular flexibility index (Phi) is 4.44. The van der Waals surface area contributed by atoms with E-state index in [4.69, 9.17) is 9.47 Å². The van der Waals surface area contributed by atoms with Gasteiger partial charge in [-0.25, -0.2) is 0 Å². The fourth-order valence-corrected chi connectivity index (χ4v) is 2.96. The van der Waals surface area contributed by atoms with Crippen LogP contribution in [0.25, 0.3) is 0 Å². The molecule has 0 aromatic heterocycles. The van der Waals surface area contributed by atoms with Gasteiger partial charge in [0.2, 0.25) is 5.91 Å². The van der Waals surface area contributed by atoms with E-state index < -0.39 is 0 Å². The van der Waals surface area contributed by atoms with Crippen molar-refractivity contribution in [1.29, 1.82) is 0 Å². The summed E-state index contributed by atoms with van der Waals surface area (Å²) in [6.45, 7) is 2.48. The van der Waals surface area contributed by atoms with E-state index in [0.29, 0.717) is 18.4 Å². The molecule has 4 nitrogen and oxygen atoms in total. The van der Waals surface area contributed by atoms with Gasteiger partial charge in [0.15, 0.2) is 0 Å². The van der Waals surface area contributed by atoms with Gasteiger partial charge in [0, 0.05) is 30.7 Å². The zero-order valence-corrected chi connectivity index (χ0v) is 12.6. The Balaban J connectivity index is 1.66. The molecule has 4 heteroatoms. The van der Waals surface area contributed by atoms with Gasteiger partial charge in [-0.15, -0.1) is 0 Å². The molecular weight excluding hydrogens is 266 g/mol. The maximum atomic E-state index is 12.7. The van der Waals surface area contributed by atoms with Crippen molar-refractivity contribution in [2.24, 2.45) is 5.92 Å². The summed E-state index contributed by atoms with van der Waals surface area (Å²) in [6.07, 6.45) is 3.79. The molecule has 2 fully saturated rings. The van der Waals surface area contributed by atoms with Crippen LogP contribution in [-0.4, -0.2) is 43.7 Å². The average molecular weight is 289 g/mol. The van der Waals surface area contributed by atoms with Gasteiger partial charge >= 0.3 is 0 Å². The van der Waals surface area contributed by atoms with Crippen molar-refractivity contribution >= 4 is 5.91 Å². The van der Waals surface area contributed by atoms with Gasteiger partial charge < -0.3 is 14.4 Å². The standard InChI is InChI=1S/C17H23NO3/c1-20-16-5-3-2-4-14(16)10-17(19)18(15-6-7-15)11-13-8-9-21-12-13/h2-5,13,15H,6-12H2,1H3/t13-/m0/s1. The quantitative estimate of drug-likeness (QED) is 0.806. The van der Waals surface area contributed by atoms with Crippen molar-refractivity contribution in [3.8, 4) is 5.75 Å². The van der Waals surface area contributed by atoms with Gasteiger partial charge in [-0.3, -0.25) is 4.79 Å². The van der Waals surface area contributed by atoms with E-state index in [1.54, 1.807) is 7.11 Å². The second kappa shape index (κ2) is 6.48. The van der Waals surface area contributed by atoms with E-state index in [9.17, 15) is 4.79 Å². The molecule has 0 N–H and O–H groups in total. The molecule has 1 aliphatic carbocycles. The number of methoxy groups -OCH3 is 1. The minimum Gasteiger partial charge on any atom is -0.496 e. The summed E-state index contributed by atoms with van der Waals surface area (Å²) >= 11 is 0. The zero-order valence-electron chi connectivity index (χ0n) is 12.6. The Labute approximate surface area is 126 Å². The lowest BCUT2D eigenvalue weighted by molar-refractivity contribution is -0.131. The number of amides is 1. The van der Waals surface area contributed by atoms with Crippen molar-refractivity contribution in [1.82, 2.24) is 4.90 Å². The van der Waals surface area contributed by atoms with Crippen LogP contribution in [0.3, 0.4) is 0 Å². The molecule has 1 atom stereocenters. The van der Waals surface area contributed by atoms with Crippen LogP contribution in [0.4, 0.5) is 0 Å². The monoisotopic (exact) mass is 289 g/mol. The molecule has 3 rings (SSSR count). The van der Waals surface area contributed by atoms with Crippen molar-refractivity contribution in [3.63, 3.8) is 0 Å². The SMILES string of the molecule is COc1ccccc1CC(=O)N(C[C@@H]1CCOC1)C1CC1. The fraction of sp³-hybridized carbons (Fsp3) is 0.588. The summed E-state index contributed by atoms with van der Waals surface area (Å²) in [5.41, 5.74) is 0.971. The van der Waals surface area contributed by atoms with Crippen LogP contribution in [0.5, 0.6) is 5.75 Å². The summed E-state index contributed by atoms with van der Waals surface area (Å²) in [5, 5.41) is 0. The van der Waals surface area contributed by atoms with Crippen LogP contribution in [0.15, 0.2) is 24.3 Å². The van der Waals surface area contributed by atoms with Gasteiger partial charge in [-0.1, -0.05) is 18.2 Å². The fourth-order valence-electron chi connectivity index (χ4n) is 2.96. The molecular formula is C17H23NO3. The first-order chi connectivity index (χ1) is 10.3. The first-order valence-corrected chi connectivity index (χ1v) is 7.77. The van der Waals surface area contributed by atoms with E-state index in [2.05, 4.69) is 4.90 Å². The number of nitrogens with zero attached hydrogens (tertiary/aromatic N) is 1. The highest BCUT2D eigenvalue weighted by molar-refractivity contribution is 5.80. The lowest BCUT2D eigenvalue weighted by atomic mass is 10.1. The molecule has 1 aromatic rings. The van der Waals surface area contributed by atoms with E-state index in [-0.39, 0.29) is 5.91 Å². The van der Waals surface area contributed by atoms with Gasteiger partial charge in [-0.05, 0) is 25.3 Å². The van der Waals surface area contributed by atoms with Gasteiger partial charge in [-0.2, -0.15) is 0 Å². The first kappa shape index (κ1) is 14.4. The first-order valence-electron chi connectivity index (χ1n) is 7.77. The molecule has 0 unspecified atom stereocenters. The van der Waals surface area contributed by atoms with Crippen LogP contribution in [0, 0.1) is 5.92 Å². The largest absolute Gasteiger partial charge is 0.496 e. The lowest BCUT2D eigenvalue weighted by Crippen LogP contribution is -2.38. The highest BCUT2D eigenvalue weighted by Crippen LogP contribution is 2.30. The minimum absolute atomic E-state index is 0.217. The topological polar surface area (TPSA) is 38.8 Å². The smallest absolute Gasteiger partial charge is 0.227 e. The number of rotatable bonds is 6. The third kappa shape index (κ3) is 3.56. The molecule has 1 aliphatic heterocycles. The Morgan fingerprint density at radius 3 is 2.81 bits per heavy atom. The van der Waals surface area contributed by atoms with Crippen molar-refractivity contribution in [2.75, 3.05) is 26.9 Å². The molecule has 114 valence electrons. The second-order valence-corrected chi connectivity index (χ2v) is 6.00. The molecule has 1 saturated carbocycles. The summed E-state index contributed by atoms with van der Waals surface area (Å²) in [6, 6.07) is 8.22. The van der Waals surface area contributed by atoms with E-state index in [1.165, 1.54) is 0 Å². The Hall–Kier alpha value is -1.55. The van der Waals surface area contributed by atoms with Crippen LogP contribution >= 0.6 is 0 Å². The molecule has 0 bridgehead atoms. The summed E-state index contributed by atoms with van der Waals surface area (Å²) in [7, 11) is 1.65. The predicted octanol–water partition coefficient (Wildman–Crippen LogP) is 2.27. The van der Waals surface area contributed by atoms with Crippen LogP contribution in [-0.2, 0) is 16.0 Å². The molecule has 1 amide bonds. The summed E-state index contributed by atoms with van der Waals surface area (Å²) in [5.74, 6) is 1.52. The highest BCUT2D eigenvalue weighted by atomic mass is 16.5. The molecule has 1 heterocycles. The van der Waals surface area contributed by atoms with Crippen molar-refractivity contribution in [2.45, 2.75) is 31.7 Å². The molecule has 1 saturated heterocycles. The number of carbonyl (C=O) groups is 1. The third-order valence-corrected chi connectivity index (χ3v) is 4.32. The van der Waals surface area contributed by atoms with Gasteiger partial charge in [0.05, 0.1) is 20.1 Å². The molecule has 0 spiro atoms. The number of hydrogen-bond donors (Lipinski definition) is 0. The van der Waals surface area contributed by atoms with Gasteiger partial charge in [0.25, 0.3) is 0 Å². The van der Waals surface area contributed by atoms with Crippen LogP contribution in [0.2, 0.25) is 0 Å². The Bertz CT molecular complexity index is 493. The maximum absolute atomic E-state index is 12.7. The number of para-hydroxylation sites is 1. The van der Waals surface area contributed by atoms with E-state index >= 15 is 0 Å². The number of benzene rings is 1. The van der Waals surface area contributed by atoms with E-state index in [1.807, 2.05) is 24.3 Å². The minimum atomic E-state index is 0.217. The summed E-state index contributed by atoms with van der Waals surface area (Å²) in [4.78, 5) is 14.8. The Morgan fingerprint density at radius 1 is 1.33 bits per heavy atom. The lowest BCUT2D eigenvalue weighted by Gasteiger charge is -2.25. The van der Waals surface area contributed by atoms with Crippen molar-refractivity contribution in [3.05, 3.63) is 29.8 Å². The molecule has 0 radical (unpaired) electrons. The second-order valence-electron chi connectivity index (χ2n) is 6.00. The third-order valence-electron chi connectivity index (χ3n) is 4.32. The summed E-state index contributed by atoms with van der Waals surface area (Å²) < 4.78 is 10.8. The van der Waals surface area contributed by atoms with Gasteiger partial charge in [0.1, 0.15) is 5.75 Å². The average Bonchev–Trinajstić information content (AvgIpc) is 3.21. The highest BCUT2D eigenvalue weighted by Gasteiger charge is 2.34. The number of carbonyl (C=O) groups excluding carboxylic acids is 1. The van der Waals surface area contributed by atoms with Crippen LogP contribution in [0.1, 0.15) is 24.8 Å². The van der Waals surface area contributed by atoms with Crippen LogP contribution < -0.4 is 4.74 Å². The van der Waals surface area contributed by atoms with E-state index in [0.717, 1.165) is 50.3 Å². The maximum Gasteiger partial charge on any atom is 0.227 e. The zero-order chi connectivity index (χ0) is 14.7.